The summed E-state index contributed by atoms with van der Waals surface area (Å²) in [7, 11) is 2.08. The van der Waals surface area contributed by atoms with Gasteiger partial charge >= 0.3 is 0 Å². The van der Waals surface area contributed by atoms with Gasteiger partial charge in [-0.15, -0.1) is 0 Å². The molecule has 3 heteroatoms. The normalized spacial score (nSPS) is 17.6. The van der Waals surface area contributed by atoms with Gasteiger partial charge in [0.25, 0.3) is 0 Å². The van der Waals surface area contributed by atoms with E-state index in [1.165, 1.54) is 0 Å². The van der Waals surface area contributed by atoms with E-state index in [9.17, 15) is 4.79 Å². The topological polar surface area (TPSA) is 23.6 Å². The lowest BCUT2D eigenvalue weighted by Crippen LogP contribution is -2.46. The molecule has 90 valence electrons. The van der Waals surface area contributed by atoms with Crippen LogP contribution in [0.3, 0.4) is 0 Å². The summed E-state index contributed by atoms with van der Waals surface area (Å²) in [6.45, 7) is 3.58. The molecule has 1 amide bonds. The molecule has 0 bridgehead atoms. The number of carbonyl (C=O) groups is 1. The smallest absolute Gasteiger partial charge is 0.246 e. The van der Waals surface area contributed by atoms with E-state index >= 15 is 0 Å². The molecule has 1 aromatic carbocycles. The Morgan fingerprint density at radius 3 is 2.41 bits per heavy atom. The maximum absolute atomic E-state index is 11.9. The van der Waals surface area contributed by atoms with Crippen molar-refractivity contribution >= 4 is 12.0 Å². The first-order valence-electron chi connectivity index (χ1n) is 5.96. The second-order valence-electron chi connectivity index (χ2n) is 4.37. The summed E-state index contributed by atoms with van der Waals surface area (Å²) >= 11 is 0. The Labute approximate surface area is 102 Å². The summed E-state index contributed by atoms with van der Waals surface area (Å²) in [4.78, 5) is 16.0. The molecule has 1 fully saturated rings. The second-order valence-corrected chi connectivity index (χ2v) is 4.37. The highest BCUT2D eigenvalue weighted by Crippen LogP contribution is 2.04. The van der Waals surface area contributed by atoms with Gasteiger partial charge in [-0.05, 0) is 18.7 Å². The fourth-order valence-corrected chi connectivity index (χ4v) is 1.86. The monoisotopic (exact) mass is 230 g/mol. The summed E-state index contributed by atoms with van der Waals surface area (Å²) in [6.07, 6.45) is 3.54. The van der Waals surface area contributed by atoms with Crippen LogP contribution in [0.2, 0.25) is 0 Å². The highest BCUT2D eigenvalue weighted by Gasteiger charge is 2.16. The quantitative estimate of drug-likeness (QED) is 0.718. The molecule has 17 heavy (non-hydrogen) atoms. The third-order valence-corrected chi connectivity index (χ3v) is 3.03. The summed E-state index contributed by atoms with van der Waals surface area (Å²) < 4.78 is 0. The van der Waals surface area contributed by atoms with Crippen molar-refractivity contribution in [1.82, 2.24) is 9.80 Å². The number of hydrogen-bond acceptors (Lipinski definition) is 2. The summed E-state index contributed by atoms with van der Waals surface area (Å²) in [5, 5.41) is 0. The predicted molar refractivity (Wildman–Crippen MR) is 69.6 cm³/mol. The van der Waals surface area contributed by atoms with Crippen LogP contribution in [-0.4, -0.2) is 48.9 Å². The molecule has 0 spiro atoms. The molecule has 3 nitrogen and oxygen atoms in total. The van der Waals surface area contributed by atoms with Crippen LogP contribution in [-0.2, 0) is 4.79 Å². The van der Waals surface area contributed by atoms with Crippen molar-refractivity contribution in [2.75, 3.05) is 33.2 Å². The SMILES string of the molecule is CN1CCN(C(=O)/C=C/c2ccccc2)CC1. The molecular formula is C14H18N2O. The summed E-state index contributed by atoms with van der Waals surface area (Å²) in [6, 6.07) is 9.90. The molecule has 0 unspecified atom stereocenters. The third kappa shape index (κ3) is 3.43. The Bertz CT molecular complexity index is 392. The molecule has 0 atom stereocenters. The number of rotatable bonds is 2. The second kappa shape index (κ2) is 5.64. The predicted octanol–water partition coefficient (Wildman–Crippen LogP) is 1.47. The van der Waals surface area contributed by atoms with Crippen molar-refractivity contribution in [2.24, 2.45) is 0 Å². The standard InChI is InChI=1S/C14H18N2O/c1-15-9-11-16(12-10-15)14(17)8-7-13-5-3-2-4-6-13/h2-8H,9-12H2,1H3/b8-7+. The minimum atomic E-state index is 0.113. The van der Waals surface area contributed by atoms with E-state index in [4.69, 9.17) is 0 Å². The van der Waals surface area contributed by atoms with Crippen molar-refractivity contribution in [3.05, 3.63) is 42.0 Å². The Kier molecular flexibility index (Phi) is 3.94. The zero-order valence-electron chi connectivity index (χ0n) is 10.2. The zero-order chi connectivity index (χ0) is 12.1. The minimum Gasteiger partial charge on any atom is -0.337 e. The van der Waals surface area contributed by atoms with Gasteiger partial charge in [0.1, 0.15) is 0 Å². The first kappa shape index (κ1) is 11.9. The number of hydrogen-bond donors (Lipinski definition) is 0. The van der Waals surface area contributed by atoms with E-state index in [-0.39, 0.29) is 5.91 Å². The van der Waals surface area contributed by atoms with Gasteiger partial charge in [-0.3, -0.25) is 4.79 Å². The van der Waals surface area contributed by atoms with E-state index in [1.54, 1.807) is 6.08 Å². The van der Waals surface area contributed by atoms with Crippen LogP contribution in [0, 0.1) is 0 Å². The molecule has 1 aromatic rings. The fraction of sp³-hybridized carbons (Fsp3) is 0.357. The van der Waals surface area contributed by atoms with Gasteiger partial charge in [0.2, 0.25) is 5.91 Å². The molecule has 0 aromatic heterocycles. The third-order valence-electron chi connectivity index (χ3n) is 3.03. The van der Waals surface area contributed by atoms with Crippen molar-refractivity contribution in [3.63, 3.8) is 0 Å². The molecule has 0 aliphatic carbocycles. The summed E-state index contributed by atoms with van der Waals surface area (Å²) in [5.74, 6) is 0.113. The molecule has 2 rings (SSSR count). The number of piperazine rings is 1. The Morgan fingerprint density at radius 2 is 1.76 bits per heavy atom. The van der Waals surface area contributed by atoms with Gasteiger partial charge in [-0.1, -0.05) is 30.3 Å². The number of amides is 1. The maximum atomic E-state index is 11.9. The van der Waals surface area contributed by atoms with Crippen molar-refractivity contribution in [2.45, 2.75) is 0 Å². The Hall–Kier alpha value is -1.61. The van der Waals surface area contributed by atoms with Crippen LogP contribution in [0.25, 0.3) is 6.08 Å². The van der Waals surface area contributed by atoms with Gasteiger partial charge in [-0.2, -0.15) is 0 Å². The maximum Gasteiger partial charge on any atom is 0.246 e. The molecule has 0 radical (unpaired) electrons. The molecule has 1 aliphatic heterocycles. The number of likely N-dealkylation sites (N-methyl/N-ethyl adjacent to an activating group) is 1. The van der Waals surface area contributed by atoms with Gasteiger partial charge in [0.05, 0.1) is 0 Å². The van der Waals surface area contributed by atoms with E-state index in [2.05, 4.69) is 11.9 Å². The zero-order valence-corrected chi connectivity index (χ0v) is 10.2. The Balaban J connectivity index is 1.91. The van der Waals surface area contributed by atoms with Crippen molar-refractivity contribution < 1.29 is 4.79 Å². The molecule has 1 saturated heterocycles. The van der Waals surface area contributed by atoms with Crippen molar-refractivity contribution in [3.8, 4) is 0 Å². The van der Waals surface area contributed by atoms with E-state index in [1.807, 2.05) is 41.3 Å². The first-order chi connectivity index (χ1) is 8.25. The fourth-order valence-electron chi connectivity index (χ4n) is 1.86. The minimum absolute atomic E-state index is 0.113. The van der Waals surface area contributed by atoms with Crippen LogP contribution in [0.15, 0.2) is 36.4 Å². The van der Waals surface area contributed by atoms with Crippen LogP contribution >= 0.6 is 0 Å². The first-order valence-corrected chi connectivity index (χ1v) is 5.96. The molecular weight excluding hydrogens is 212 g/mol. The highest BCUT2D eigenvalue weighted by molar-refractivity contribution is 5.91. The number of carbonyl (C=O) groups excluding carboxylic acids is 1. The average molecular weight is 230 g/mol. The van der Waals surface area contributed by atoms with E-state index < -0.39 is 0 Å². The van der Waals surface area contributed by atoms with Crippen molar-refractivity contribution in [1.29, 1.82) is 0 Å². The van der Waals surface area contributed by atoms with Crippen LogP contribution in [0.4, 0.5) is 0 Å². The highest BCUT2D eigenvalue weighted by atomic mass is 16.2. The van der Waals surface area contributed by atoms with E-state index in [0.717, 1.165) is 31.7 Å². The largest absolute Gasteiger partial charge is 0.337 e. The summed E-state index contributed by atoms with van der Waals surface area (Å²) in [5.41, 5.74) is 1.06. The molecule has 0 N–H and O–H groups in total. The number of benzene rings is 1. The average Bonchev–Trinajstić information content (AvgIpc) is 2.38. The van der Waals surface area contributed by atoms with Gasteiger partial charge < -0.3 is 9.80 Å². The van der Waals surface area contributed by atoms with Gasteiger partial charge in [0.15, 0.2) is 0 Å². The van der Waals surface area contributed by atoms with Gasteiger partial charge in [-0.25, -0.2) is 0 Å². The Morgan fingerprint density at radius 1 is 1.12 bits per heavy atom. The molecule has 1 aliphatic rings. The van der Waals surface area contributed by atoms with Crippen LogP contribution in [0.5, 0.6) is 0 Å². The lowest BCUT2D eigenvalue weighted by atomic mass is 10.2. The lowest BCUT2D eigenvalue weighted by molar-refractivity contribution is -0.127. The van der Waals surface area contributed by atoms with Gasteiger partial charge in [0, 0.05) is 32.3 Å². The molecule has 1 heterocycles. The van der Waals surface area contributed by atoms with E-state index in [0.29, 0.717) is 0 Å². The number of nitrogens with zero attached hydrogens (tertiary/aromatic N) is 2. The van der Waals surface area contributed by atoms with Crippen LogP contribution in [0.1, 0.15) is 5.56 Å². The molecule has 0 saturated carbocycles. The van der Waals surface area contributed by atoms with Crippen LogP contribution < -0.4 is 0 Å². The lowest BCUT2D eigenvalue weighted by Gasteiger charge is -2.31.